The lowest BCUT2D eigenvalue weighted by Crippen LogP contribution is -2.21. The van der Waals surface area contributed by atoms with E-state index in [1.807, 2.05) is 36.4 Å². The van der Waals surface area contributed by atoms with Gasteiger partial charge in [-0.2, -0.15) is 5.26 Å². The lowest BCUT2D eigenvalue weighted by Gasteiger charge is -2.28. The number of hydrogen-bond acceptors (Lipinski definition) is 4. The van der Waals surface area contributed by atoms with Gasteiger partial charge in [0.15, 0.2) is 11.5 Å². The Morgan fingerprint density at radius 1 is 1.12 bits per heavy atom. The summed E-state index contributed by atoms with van der Waals surface area (Å²) < 4.78 is 5.61. The standard InChI is InChI=1S/C20H13ClN2O2/c21-13-6-3-5-12(8-13)17-15(10-22)20(23)25-19-16(24)9-11-4-1-2-7-14(11)18(17)19/h1-9,17,24H,23H2/t17-/m1/s1. The molecular formula is C20H13ClN2O2. The summed E-state index contributed by atoms with van der Waals surface area (Å²) in [4.78, 5) is 0. The monoisotopic (exact) mass is 348 g/mol. The van der Waals surface area contributed by atoms with Gasteiger partial charge in [0.05, 0.1) is 5.92 Å². The minimum atomic E-state index is -0.468. The molecule has 0 spiro atoms. The molecular weight excluding hydrogens is 336 g/mol. The average molecular weight is 349 g/mol. The molecule has 4 rings (SSSR count). The predicted molar refractivity (Wildman–Crippen MR) is 96.4 cm³/mol. The van der Waals surface area contributed by atoms with Crippen LogP contribution in [0.4, 0.5) is 0 Å². The maximum atomic E-state index is 10.4. The van der Waals surface area contributed by atoms with E-state index < -0.39 is 5.92 Å². The highest BCUT2D eigenvalue weighted by Gasteiger charge is 2.34. The molecule has 3 N–H and O–H groups in total. The molecule has 0 bridgehead atoms. The highest BCUT2D eigenvalue weighted by Crippen LogP contribution is 2.49. The van der Waals surface area contributed by atoms with Crippen molar-refractivity contribution in [2.75, 3.05) is 0 Å². The summed E-state index contributed by atoms with van der Waals surface area (Å²) in [6.45, 7) is 0. The van der Waals surface area contributed by atoms with Crippen molar-refractivity contribution < 1.29 is 9.84 Å². The number of phenols is 1. The largest absolute Gasteiger partial charge is 0.504 e. The number of phenolic OH excluding ortho intramolecular Hbond substituents is 1. The first-order chi connectivity index (χ1) is 12.1. The average Bonchev–Trinajstić information content (AvgIpc) is 2.61. The number of hydrogen-bond donors (Lipinski definition) is 2. The Balaban J connectivity index is 2.11. The number of benzene rings is 3. The third kappa shape index (κ3) is 2.37. The fraction of sp³-hybridized carbons (Fsp3) is 0.0500. The number of nitrogens with zero attached hydrogens (tertiary/aromatic N) is 1. The van der Waals surface area contributed by atoms with Crippen LogP contribution in [0.2, 0.25) is 5.02 Å². The molecule has 3 aromatic rings. The van der Waals surface area contributed by atoms with Gasteiger partial charge < -0.3 is 15.6 Å². The summed E-state index contributed by atoms with van der Waals surface area (Å²) in [5.41, 5.74) is 7.79. The Morgan fingerprint density at radius 3 is 2.68 bits per heavy atom. The zero-order valence-electron chi connectivity index (χ0n) is 13.0. The first-order valence-electron chi connectivity index (χ1n) is 7.68. The van der Waals surface area contributed by atoms with Crippen LogP contribution in [-0.2, 0) is 0 Å². The van der Waals surface area contributed by atoms with Crippen LogP contribution in [0.5, 0.6) is 11.5 Å². The van der Waals surface area contributed by atoms with E-state index in [1.54, 1.807) is 18.2 Å². The highest BCUT2D eigenvalue weighted by atomic mass is 35.5. The second kappa shape index (κ2) is 5.73. The van der Waals surface area contributed by atoms with Crippen molar-refractivity contribution in [2.45, 2.75) is 5.92 Å². The van der Waals surface area contributed by atoms with Gasteiger partial charge in [0.1, 0.15) is 11.6 Å². The molecule has 0 aromatic heterocycles. The smallest absolute Gasteiger partial charge is 0.205 e. The minimum Gasteiger partial charge on any atom is -0.504 e. The summed E-state index contributed by atoms with van der Waals surface area (Å²) in [6.07, 6.45) is 0. The fourth-order valence-electron chi connectivity index (χ4n) is 3.33. The first-order valence-corrected chi connectivity index (χ1v) is 8.05. The van der Waals surface area contributed by atoms with Crippen molar-refractivity contribution in [3.05, 3.63) is 82.2 Å². The third-order valence-electron chi connectivity index (χ3n) is 4.38. The van der Waals surface area contributed by atoms with Gasteiger partial charge in [-0.15, -0.1) is 0 Å². The van der Waals surface area contributed by atoms with Crippen molar-refractivity contribution in [1.29, 1.82) is 5.26 Å². The fourth-order valence-corrected chi connectivity index (χ4v) is 3.52. The molecule has 1 aliphatic heterocycles. The molecule has 1 heterocycles. The van der Waals surface area contributed by atoms with Crippen LogP contribution in [0.1, 0.15) is 17.0 Å². The van der Waals surface area contributed by atoms with E-state index in [0.717, 1.165) is 16.3 Å². The Hall–Kier alpha value is -3.16. The number of halogens is 1. The summed E-state index contributed by atoms with van der Waals surface area (Å²) >= 11 is 6.16. The Bertz CT molecular complexity index is 1080. The number of fused-ring (bicyclic) bond motifs is 3. The summed E-state index contributed by atoms with van der Waals surface area (Å²) in [5, 5.41) is 22.4. The van der Waals surface area contributed by atoms with Gasteiger partial charge in [0.2, 0.25) is 5.88 Å². The number of ether oxygens (including phenoxy) is 1. The van der Waals surface area contributed by atoms with Crippen molar-refractivity contribution in [2.24, 2.45) is 5.73 Å². The second-order valence-corrected chi connectivity index (χ2v) is 6.28. The number of allylic oxidation sites excluding steroid dienone is 1. The van der Waals surface area contributed by atoms with Gasteiger partial charge in [-0.05, 0) is 34.5 Å². The molecule has 25 heavy (non-hydrogen) atoms. The van der Waals surface area contributed by atoms with E-state index in [1.165, 1.54) is 0 Å². The normalized spacial score (nSPS) is 16.2. The lowest BCUT2D eigenvalue weighted by molar-refractivity contribution is 0.360. The zero-order valence-corrected chi connectivity index (χ0v) is 13.8. The predicted octanol–water partition coefficient (Wildman–Crippen LogP) is 4.42. The van der Waals surface area contributed by atoms with E-state index >= 15 is 0 Å². The molecule has 0 radical (unpaired) electrons. The van der Waals surface area contributed by atoms with Crippen molar-refractivity contribution in [3.63, 3.8) is 0 Å². The van der Waals surface area contributed by atoms with E-state index in [9.17, 15) is 10.4 Å². The molecule has 3 aromatic carbocycles. The highest BCUT2D eigenvalue weighted by molar-refractivity contribution is 6.30. The molecule has 0 saturated heterocycles. The van der Waals surface area contributed by atoms with Crippen LogP contribution in [0.15, 0.2) is 66.1 Å². The van der Waals surface area contributed by atoms with E-state index in [2.05, 4.69) is 6.07 Å². The lowest BCUT2D eigenvalue weighted by atomic mass is 9.81. The minimum absolute atomic E-state index is 0.00874. The van der Waals surface area contributed by atoms with Crippen LogP contribution in [0.3, 0.4) is 0 Å². The van der Waals surface area contributed by atoms with Crippen LogP contribution in [0, 0.1) is 11.3 Å². The summed E-state index contributed by atoms with van der Waals surface area (Å²) in [5.74, 6) is -0.212. The summed E-state index contributed by atoms with van der Waals surface area (Å²) in [7, 11) is 0. The zero-order chi connectivity index (χ0) is 17.6. The van der Waals surface area contributed by atoms with E-state index in [4.69, 9.17) is 22.1 Å². The van der Waals surface area contributed by atoms with Crippen LogP contribution < -0.4 is 10.5 Å². The van der Waals surface area contributed by atoms with Gasteiger partial charge in [0, 0.05) is 10.6 Å². The topological polar surface area (TPSA) is 79.3 Å². The molecule has 1 atom stereocenters. The first kappa shape index (κ1) is 15.4. The molecule has 1 aliphatic rings. The van der Waals surface area contributed by atoms with Gasteiger partial charge in [0.25, 0.3) is 0 Å². The molecule has 5 heteroatoms. The molecule has 0 amide bonds. The van der Waals surface area contributed by atoms with Gasteiger partial charge in [-0.1, -0.05) is 48.0 Å². The van der Waals surface area contributed by atoms with E-state index in [-0.39, 0.29) is 17.4 Å². The van der Waals surface area contributed by atoms with Gasteiger partial charge in [-0.25, -0.2) is 0 Å². The molecule has 0 fully saturated rings. The van der Waals surface area contributed by atoms with Crippen molar-refractivity contribution in [1.82, 2.24) is 0 Å². The van der Waals surface area contributed by atoms with Gasteiger partial charge in [-0.3, -0.25) is 0 Å². The molecule has 0 saturated carbocycles. The van der Waals surface area contributed by atoms with E-state index in [0.29, 0.717) is 16.2 Å². The Labute approximate surface area is 149 Å². The van der Waals surface area contributed by atoms with Crippen LogP contribution >= 0.6 is 11.6 Å². The molecule has 0 unspecified atom stereocenters. The summed E-state index contributed by atoms with van der Waals surface area (Å²) in [6, 6.07) is 18.7. The van der Waals surface area contributed by atoms with Gasteiger partial charge >= 0.3 is 0 Å². The third-order valence-corrected chi connectivity index (χ3v) is 4.61. The SMILES string of the molecule is N#CC1=C(N)Oc2c(O)cc3ccccc3c2[C@@H]1c1cccc(Cl)c1. The number of nitrogens with two attached hydrogens (primary N) is 1. The van der Waals surface area contributed by atoms with Crippen LogP contribution in [0.25, 0.3) is 10.8 Å². The van der Waals surface area contributed by atoms with Crippen LogP contribution in [-0.4, -0.2) is 5.11 Å². The molecule has 4 nitrogen and oxygen atoms in total. The van der Waals surface area contributed by atoms with Crippen molar-refractivity contribution in [3.8, 4) is 17.6 Å². The number of aromatic hydroxyl groups is 1. The number of nitriles is 1. The maximum Gasteiger partial charge on any atom is 0.205 e. The second-order valence-electron chi connectivity index (χ2n) is 5.84. The Kier molecular flexibility index (Phi) is 3.52. The maximum absolute atomic E-state index is 10.4. The molecule has 0 aliphatic carbocycles. The molecule has 122 valence electrons. The Morgan fingerprint density at radius 2 is 1.92 bits per heavy atom. The quantitative estimate of drug-likeness (QED) is 0.682. The number of rotatable bonds is 1. The van der Waals surface area contributed by atoms with Crippen molar-refractivity contribution >= 4 is 22.4 Å².